The van der Waals surface area contributed by atoms with Crippen LogP contribution in [0.5, 0.6) is 0 Å². The highest BCUT2D eigenvalue weighted by Gasteiger charge is 2.37. The second-order valence-corrected chi connectivity index (χ2v) is 9.57. The molecule has 31 heavy (non-hydrogen) atoms. The van der Waals surface area contributed by atoms with Crippen molar-refractivity contribution in [3.8, 4) is 0 Å². The third-order valence-electron chi connectivity index (χ3n) is 5.77. The Balaban J connectivity index is 0.00000341. The quantitative estimate of drug-likeness (QED) is 0.274. The van der Waals surface area contributed by atoms with Gasteiger partial charge in [-0.1, -0.05) is 30.3 Å². The van der Waals surface area contributed by atoms with Crippen LogP contribution in [0.15, 0.2) is 35.3 Å². The molecule has 0 aliphatic heterocycles. The summed E-state index contributed by atoms with van der Waals surface area (Å²) in [6.07, 6.45) is 4.85. The van der Waals surface area contributed by atoms with Crippen molar-refractivity contribution < 1.29 is 9.53 Å². The van der Waals surface area contributed by atoms with Crippen molar-refractivity contribution in [3.05, 3.63) is 35.9 Å². The molecule has 6 nitrogen and oxygen atoms in total. The zero-order chi connectivity index (χ0) is 21.6. The minimum absolute atomic E-state index is 0. The molecule has 0 aromatic heterocycles. The second-order valence-electron chi connectivity index (χ2n) is 9.57. The highest BCUT2D eigenvalue weighted by molar-refractivity contribution is 14.0. The maximum atomic E-state index is 12.0. The zero-order valence-corrected chi connectivity index (χ0v) is 21.6. The van der Waals surface area contributed by atoms with Crippen molar-refractivity contribution in [1.82, 2.24) is 16.0 Å². The number of aliphatic imine (C=N–C) groups is 1. The Hall–Kier alpha value is -1.51. The van der Waals surface area contributed by atoms with Gasteiger partial charge >= 0.3 is 6.09 Å². The third kappa shape index (κ3) is 8.86. The number of hydrogen-bond acceptors (Lipinski definition) is 3. The maximum absolute atomic E-state index is 12.0. The number of carbonyl (C=O) groups is 1. The number of nitrogens with zero attached hydrogens (tertiary/aromatic N) is 1. The lowest BCUT2D eigenvalue weighted by atomic mass is 9.91. The molecule has 2 atom stereocenters. The van der Waals surface area contributed by atoms with E-state index < -0.39 is 5.60 Å². The lowest BCUT2D eigenvalue weighted by molar-refractivity contribution is 0.0490. The number of rotatable bonds is 6. The molecule has 1 aromatic carbocycles. The van der Waals surface area contributed by atoms with E-state index in [9.17, 15) is 4.79 Å². The number of amides is 1. The Bertz CT molecular complexity index is 712. The van der Waals surface area contributed by atoms with Gasteiger partial charge in [0, 0.05) is 25.2 Å². The number of guanidine groups is 1. The van der Waals surface area contributed by atoms with Gasteiger partial charge in [-0.15, -0.1) is 24.0 Å². The molecule has 2 unspecified atom stereocenters. The molecule has 0 radical (unpaired) electrons. The normalized spacial score (nSPS) is 25.7. The molecule has 1 aromatic rings. The molecule has 0 saturated heterocycles. The van der Waals surface area contributed by atoms with Crippen LogP contribution in [0.4, 0.5) is 4.79 Å². The van der Waals surface area contributed by atoms with E-state index in [-0.39, 0.29) is 36.1 Å². The van der Waals surface area contributed by atoms with Crippen LogP contribution >= 0.6 is 24.0 Å². The Morgan fingerprint density at radius 3 is 2.26 bits per heavy atom. The smallest absolute Gasteiger partial charge is 0.407 e. The van der Waals surface area contributed by atoms with E-state index in [0.717, 1.165) is 44.7 Å². The van der Waals surface area contributed by atoms with Gasteiger partial charge in [-0.3, -0.25) is 4.99 Å². The van der Waals surface area contributed by atoms with E-state index in [1.165, 1.54) is 12.0 Å². The molecule has 0 spiro atoms. The Labute approximate surface area is 204 Å². The summed E-state index contributed by atoms with van der Waals surface area (Å²) in [6.45, 7) is 9.48. The summed E-state index contributed by atoms with van der Waals surface area (Å²) in [5.74, 6) is 2.23. The van der Waals surface area contributed by atoms with Crippen LogP contribution in [-0.4, -0.2) is 42.8 Å². The fourth-order valence-electron chi connectivity index (χ4n) is 4.14. The first-order chi connectivity index (χ1) is 14.3. The number of hydrogen-bond donors (Lipinski definition) is 3. The summed E-state index contributed by atoms with van der Waals surface area (Å²) in [5, 5.41) is 10.00. The molecule has 174 valence electrons. The Morgan fingerprint density at radius 2 is 1.68 bits per heavy atom. The molecular weight excluding hydrogens is 503 g/mol. The van der Waals surface area contributed by atoms with Gasteiger partial charge < -0.3 is 20.7 Å². The Morgan fingerprint density at radius 1 is 1.06 bits per heavy atom. The molecule has 2 aliphatic rings. The van der Waals surface area contributed by atoms with E-state index in [0.29, 0.717) is 17.9 Å². The molecule has 2 fully saturated rings. The number of halogens is 1. The first-order valence-corrected chi connectivity index (χ1v) is 11.4. The van der Waals surface area contributed by atoms with E-state index in [1.54, 1.807) is 0 Å². The minimum atomic E-state index is -0.457. The van der Waals surface area contributed by atoms with Gasteiger partial charge in [0.1, 0.15) is 5.60 Å². The zero-order valence-electron chi connectivity index (χ0n) is 19.3. The molecule has 0 heterocycles. The van der Waals surface area contributed by atoms with E-state index in [1.807, 2.05) is 20.8 Å². The van der Waals surface area contributed by atoms with Gasteiger partial charge in [0.15, 0.2) is 5.96 Å². The topological polar surface area (TPSA) is 74.8 Å². The number of nitrogens with one attached hydrogen (secondary N) is 3. The van der Waals surface area contributed by atoms with Gasteiger partial charge in [-0.2, -0.15) is 0 Å². The fourth-order valence-corrected chi connectivity index (χ4v) is 4.14. The number of benzene rings is 1. The summed E-state index contributed by atoms with van der Waals surface area (Å²) in [7, 11) is 0. The highest BCUT2D eigenvalue weighted by Crippen LogP contribution is 2.47. The van der Waals surface area contributed by atoms with Crippen LogP contribution in [-0.2, 0) is 4.74 Å². The molecule has 2 aliphatic carbocycles. The lowest BCUT2D eigenvalue weighted by Gasteiger charge is -2.31. The second kappa shape index (κ2) is 11.9. The molecule has 7 heteroatoms. The fraction of sp³-hybridized carbons (Fsp3) is 0.667. The van der Waals surface area contributed by atoms with Crippen molar-refractivity contribution in [2.24, 2.45) is 10.9 Å². The van der Waals surface area contributed by atoms with Gasteiger partial charge in [-0.25, -0.2) is 4.79 Å². The SMILES string of the molecule is CCNC(=NCC1CC1c1ccccc1)NC1CCC(NC(=O)OC(C)(C)C)CC1.I. The van der Waals surface area contributed by atoms with Crippen molar-refractivity contribution >= 4 is 36.0 Å². The van der Waals surface area contributed by atoms with Crippen molar-refractivity contribution in [3.63, 3.8) is 0 Å². The van der Waals surface area contributed by atoms with Crippen molar-refractivity contribution in [2.75, 3.05) is 13.1 Å². The molecular formula is C24H39IN4O2. The summed E-state index contributed by atoms with van der Waals surface area (Å²) in [6, 6.07) is 11.3. The molecule has 3 rings (SSSR count). The summed E-state index contributed by atoms with van der Waals surface area (Å²) in [4.78, 5) is 16.8. The van der Waals surface area contributed by atoms with Gasteiger partial charge in [0.2, 0.25) is 0 Å². The van der Waals surface area contributed by atoms with Gasteiger partial charge in [-0.05, 0) is 77.2 Å². The molecule has 2 saturated carbocycles. The van der Waals surface area contributed by atoms with Crippen LogP contribution in [0.25, 0.3) is 0 Å². The van der Waals surface area contributed by atoms with Gasteiger partial charge in [0.05, 0.1) is 0 Å². The maximum Gasteiger partial charge on any atom is 0.407 e. The Kier molecular flexibility index (Phi) is 9.90. The average Bonchev–Trinajstić information content (AvgIpc) is 3.47. The van der Waals surface area contributed by atoms with E-state index in [2.05, 4.69) is 53.2 Å². The highest BCUT2D eigenvalue weighted by atomic mass is 127. The van der Waals surface area contributed by atoms with Gasteiger partial charge in [0.25, 0.3) is 0 Å². The molecule has 1 amide bonds. The predicted molar refractivity (Wildman–Crippen MR) is 137 cm³/mol. The predicted octanol–water partition coefficient (Wildman–Crippen LogP) is 4.80. The molecule has 3 N–H and O–H groups in total. The summed E-state index contributed by atoms with van der Waals surface area (Å²) >= 11 is 0. The molecule has 0 bridgehead atoms. The minimum Gasteiger partial charge on any atom is -0.444 e. The number of alkyl carbamates (subject to hydrolysis) is 1. The van der Waals surface area contributed by atoms with Crippen LogP contribution < -0.4 is 16.0 Å². The van der Waals surface area contributed by atoms with E-state index in [4.69, 9.17) is 9.73 Å². The average molecular weight is 543 g/mol. The number of carbonyl (C=O) groups excluding carboxylic acids is 1. The van der Waals surface area contributed by atoms with E-state index >= 15 is 0 Å². The van der Waals surface area contributed by atoms with Crippen LogP contribution in [0.1, 0.15) is 71.3 Å². The van der Waals surface area contributed by atoms with Crippen molar-refractivity contribution in [2.45, 2.75) is 83.4 Å². The van der Waals surface area contributed by atoms with Crippen LogP contribution in [0.2, 0.25) is 0 Å². The van der Waals surface area contributed by atoms with Crippen LogP contribution in [0, 0.1) is 5.92 Å². The lowest BCUT2D eigenvalue weighted by Crippen LogP contribution is -2.48. The van der Waals surface area contributed by atoms with Crippen molar-refractivity contribution in [1.29, 1.82) is 0 Å². The summed E-state index contributed by atoms with van der Waals surface area (Å²) in [5.41, 5.74) is 0.979. The monoisotopic (exact) mass is 542 g/mol. The first-order valence-electron chi connectivity index (χ1n) is 11.4. The first kappa shape index (κ1) is 25.7. The standard InChI is InChI=1S/C24H38N4O2.HI/c1-5-25-22(26-16-18-15-21(18)17-9-7-6-8-10-17)27-19-11-13-20(14-12-19)28-23(29)30-24(2,3)4;/h6-10,18-21H,5,11-16H2,1-4H3,(H,28,29)(H2,25,26,27);1H. The summed E-state index contributed by atoms with van der Waals surface area (Å²) < 4.78 is 5.37. The largest absolute Gasteiger partial charge is 0.444 e. The number of ether oxygens (including phenoxy) is 1. The third-order valence-corrected chi connectivity index (χ3v) is 5.77. The van der Waals surface area contributed by atoms with Crippen LogP contribution in [0.3, 0.4) is 0 Å².